The quantitative estimate of drug-likeness (QED) is 0.347. The molecule has 0 bridgehead atoms. The third kappa shape index (κ3) is 5.22. The normalized spacial score (nSPS) is 31.3. The van der Waals surface area contributed by atoms with E-state index in [0.29, 0.717) is 49.3 Å². The molecule has 1 aromatic heterocycles. The summed E-state index contributed by atoms with van der Waals surface area (Å²) >= 11 is 6.64. The topological polar surface area (TPSA) is 95.7 Å². The third-order valence-electron chi connectivity index (χ3n) is 10.0. The van der Waals surface area contributed by atoms with Crippen molar-refractivity contribution < 1.29 is 37.1 Å². The molecule has 3 fully saturated rings. The molecule has 2 amide bonds. The van der Waals surface area contributed by atoms with E-state index in [2.05, 4.69) is 5.10 Å². The summed E-state index contributed by atoms with van der Waals surface area (Å²) in [6.07, 6.45) is -4.32. The number of nitrogens with zero attached hydrogens (tertiary/aromatic N) is 4. The van der Waals surface area contributed by atoms with Gasteiger partial charge in [-0.05, 0) is 64.2 Å². The Morgan fingerprint density at radius 3 is 2.46 bits per heavy atom. The van der Waals surface area contributed by atoms with Gasteiger partial charge in [-0.2, -0.15) is 18.3 Å². The minimum Gasteiger partial charge on any atom is -0.481 e. The number of hydrogen-bond donors (Lipinski definition) is 1. The van der Waals surface area contributed by atoms with Crippen LogP contribution >= 0.6 is 11.6 Å². The number of aliphatic carboxylic acids is 1. The van der Waals surface area contributed by atoms with Crippen LogP contribution in [0.15, 0.2) is 0 Å². The zero-order valence-electron chi connectivity index (χ0n) is 23.3. The molecule has 228 valence electrons. The number of halogens is 5. The smallest absolute Gasteiger partial charge is 0.394 e. The lowest BCUT2D eigenvalue weighted by Gasteiger charge is -2.40. The second kappa shape index (κ2) is 11.0. The highest BCUT2D eigenvalue weighted by Gasteiger charge is 2.69. The molecule has 4 aliphatic rings. The minimum atomic E-state index is -4.46. The Bertz CT molecular complexity index is 1200. The van der Waals surface area contributed by atoms with Crippen molar-refractivity contribution in [1.82, 2.24) is 19.6 Å². The lowest BCUT2D eigenvalue weighted by Crippen LogP contribution is -2.48. The molecule has 3 aliphatic carbocycles. The van der Waals surface area contributed by atoms with Gasteiger partial charge < -0.3 is 14.9 Å². The zero-order chi connectivity index (χ0) is 29.9. The largest absolute Gasteiger partial charge is 0.481 e. The van der Waals surface area contributed by atoms with Crippen LogP contribution in [-0.4, -0.2) is 80.5 Å². The van der Waals surface area contributed by atoms with Gasteiger partial charge >= 0.3 is 18.2 Å². The summed E-state index contributed by atoms with van der Waals surface area (Å²) in [7, 11) is 1.65. The lowest BCUT2D eigenvalue weighted by atomic mass is 9.69. The summed E-state index contributed by atoms with van der Waals surface area (Å²) < 4.78 is 59.3. The van der Waals surface area contributed by atoms with Crippen molar-refractivity contribution in [2.75, 3.05) is 20.1 Å². The van der Waals surface area contributed by atoms with Gasteiger partial charge in [0, 0.05) is 37.0 Å². The second-order valence-corrected chi connectivity index (χ2v) is 12.8. The number of fused-ring (bicyclic) bond motifs is 1. The van der Waals surface area contributed by atoms with Gasteiger partial charge in [-0.3, -0.25) is 9.59 Å². The highest BCUT2D eigenvalue weighted by molar-refractivity contribution is 6.22. The third-order valence-corrected chi connectivity index (χ3v) is 10.5. The number of carbonyl (C=O) groups excluding carboxylic acids is 2. The van der Waals surface area contributed by atoms with Gasteiger partial charge in [0.05, 0.1) is 35.2 Å². The molecule has 13 heteroatoms. The molecule has 1 aliphatic heterocycles. The van der Waals surface area contributed by atoms with Crippen LogP contribution in [0.1, 0.15) is 86.0 Å². The number of urea groups is 1. The molecule has 1 aromatic rings. The number of aromatic nitrogens is 2. The van der Waals surface area contributed by atoms with E-state index in [4.69, 9.17) is 11.6 Å². The first-order valence-corrected chi connectivity index (χ1v) is 15.0. The van der Waals surface area contributed by atoms with E-state index in [9.17, 15) is 32.7 Å². The monoisotopic (exact) mass is 604 g/mol. The van der Waals surface area contributed by atoms with Gasteiger partial charge in [-0.25, -0.2) is 13.9 Å². The van der Waals surface area contributed by atoms with E-state index in [-0.39, 0.29) is 51.1 Å². The Morgan fingerprint density at radius 1 is 1.17 bits per heavy atom. The Morgan fingerprint density at radius 2 is 1.88 bits per heavy atom. The standard InChI is InChI=1S/C28H37ClF4N4O4/c1-3-35(2)26(41)36-12-9-17-21(14-36)37(34-23(17)16-8-7-15(25(39)40)13-20(16)30)24(38)22-18(5-4-6-19(22)29)27(10-11-27)28(31,32)33/h15-16,18-20,22H,3-14H2,1-2H3,(H,39,40). The summed E-state index contributed by atoms with van der Waals surface area (Å²) in [6, 6.07) is -0.259. The molecule has 2 heterocycles. The van der Waals surface area contributed by atoms with Gasteiger partial charge in [0.2, 0.25) is 0 Å². The molecule has 3 saturated carbocycles. The second-order valence-electron chi connectivity index (χ2n) is 12.2. The van der Waals surface area contributed by atoms with Crippen LogP contribution in [0.25, 0.3) is 0 Å². The predicted octanol–water partition coefficient (Wildman–Crippen LogP) is 5.63. The zero-order valence-corrected chi connectivity index (χ0v) is 24.1. The number of alkyl halides is 5. The van der Waals surface area contributed by atoms with Crippen LogP contribution in [-0.2, 0) is 17.8 Å². The van der Waals surface area contributed by atoms with Gasteiger partial charge in [-0.15, -0.1) is 11.6 Å². The number of carboxylic acid groups (broad SMARTS) is 1. The van der Waals surface area contributed by atoms with E-state index in [1.807, 2.05) is 6.92 Å². The molecule has 1 N–H and O–H groups in total. The fourth-order valence-corrected chi connectivity index (χ4v) is 7.78. The maximum atomic E-state index is 15.4. The maximum Gasteiger partial charge on any atom is 0.394 e. The first-order chi connectivity index (χ1) is 19.3. The summed E-state index contributed by atoms with van der Waals surface area (Å²) in [5.74, 6) is -5.36. The van der Waals surface area contributed by atoms with Gasteiger partial charge in [-0.1, -0.05) is 6.42 Å². The van der Waals surface area contributed by atoms with Gasteiger partial charge in [0.1, 0.15) is 6.17 Å². The SMILES string of the molecule is CCN(C)C(=O)N1CCc2c(C3CCC(C(=O)O)CC3F)nn(C(=O)C3C(Cl)CCCC3C3(C(F)(F)F)CC3)c2C1. The number of amides is 2. The predicted molar refractivity (Wildman–Crippen MR) is 141 cm³/mol. The van der Waals surface area contributed by atoms with E-state index in [0.717, 1.165) is 4.68 Å². The van der Waals surface area contributed by atoms with Crippen molar-refractivity contribution >= 4 is 29.5 Å². The van der Waals surface area contributed by atoms with Crippen LogP contribution in [0.3, 0.4) is 0 Å². The summed E-state index contributed by atoms with van der Waals surface area (Å²) in [5.41, 5.74) is -0.594. The molecule has 0 aromatic carbocycles. The Balaban J connectivity index is 1.54. The first-order valence-electron chi connectivity index (χ1n) is 14.5. The first kappa shape index (κ1) is 30.1. The van der Waals surface area contributed by atoms with Gasteiger partial charge in [0.15, 0.2) is 0 Å². The Labute approximate surface area is 241 Å². The van der Waals surface area contributed by atoms with Crippen LogP contribution in [0, 0.1) is 23.2 Å². The van der Waals surface area contributed by atoms with Crippen molar-refractivity contribution in [3.05, 3.63) is 17.0 Å². The van der Waals surface area contributed by atoms with Crippen molar-refractivity contribution in [2.24, 2.45) is 23.2 Å². The average Bonchev–Trinajstić information content (AvgIpc) is 3.68. The molecule has 0 spiro atoms. The number of carboxylic acids is 1. The molecule has 5 rings (SSSR count). The van der Waals surface area contributed by atoms with E-state index < -0.39 is 58.7 Å². The fourth-order valence-electron chi connectivity index (χ4n) is 7.34. The van der Waals surface area contributed by atoms with Gasteiger partial charge in [0.25, 0.3) is 5.91 Å². The van der Waals surface area contributed by atoms with Crippen LogP contribution < -0.4 is 0 Å². The molecule has 6 unspecified atom stereocenters. The fraction of sp³-hybridized carbons (Fsp3) is 0.786. The molecular formula is C28H37ClF4N4O4. The summed E-state index contributed by atoms with van der Waals surface area (Å²) in [5, 5.41) is 13.2. The van der Waals surface area contributed by atoms with Crippen LogP contribution in [0.5, 0.6) is 0 Å². The highest BCUT2D eigenvalue weighted by Crippen LogP contribution is 2.66. The average molecular weight is 605 g/mol. The van der Waals surface area contributed by atoms with E-state index >= 15 is 4.39 Å². The molecule has 0 saturated heterocycles. The van der Waals surface area contributed by atoms with E-state index in [1.165, 1.54) is 4.90 Å². The highest BCUT2D eigenvalue weighted by atomic mass is 35.5. The summed E-state index contributed by atoms with van der Waals surface area (Å²) in [6.45, 7) is 2.60. The number of rotatable bonds is 5. The Kier molecular flexibility index (Phi) is 8.10. The summed E-state index contributed by atoms with van der Waals surface area (Å²) in [4.78, 5) is 41.8. The minimum absolute atomic E-state index is 0.00736. The van der Waals surface area contributed by atoms with Crippen LogP contribution in [0.2, 0.25) is 0 Å². The van der Waals surface area contributed by atoms with Crippen LogP contribution in [0.4, 0.5) is 22.4 Å². The van der Waals surface area contributed by atoms with E-state index in [1.54, 1.807) is 11.9 Å². The van der Waals surface area contributed by atoms with Crippen molar-refractivity contribution in [2.45, 2.75) is 94.9 Å². The number of hydrogen-bond acceptors (Lipinski definition) is 4. The lowest BCUT2D eigenvalue weighted by molar-refractivity contribution is -0.209. The molecular weight excluding hydrogens is 568 g/mol. The molecule has 8 nitrogen and oxygen atoms in total. The Hall–Kier alpha value is -2.37. The number of carbonyl (C=O) groups is 3. The molecule has 0 radical (unpaired) electrons. The van der Waals surface area contributed by atoms with Crippen molar-refractivity contribution in [3.63, 3.8) is 0 Å². The maximum absolute atomic E-state index is 15.4. The molecule has 6 atom stereocenters. The van der Waals surface area contributed by atoms with Crippen molar-refractivity contribution in [1.29, 1.82) is 0 Å². The van der Waals surface area contributed by atoms with Crippen molar-refractivity contribution in [3.8, 4) is 0 Å². The molecule has 41 heavy (non-hydrogen) atoms.